The Morgan fingerprint density at radius 3 is 2.81 bits per heavy atom. The zero-order chi connectivity index (χ0) is 12.0. The monoisotopic (exact) mass is 240 g/mol. The molecule has 5 nitrogen and oxygen atoms in total. The number of hydrogen-bond donors (Lipinski definition) is 1. The number of nitrogens with zero attached hydrogens (tertiary/aromatic N) is 1. The molecule has 0 aliphatic rings. The third-order valence-corrected chi connectivity index (χ3v) is 2.66. The summed E-state index contributed by atoms with van der Waals surface area (Å²) in [6.07, 6.45) is 0.329. The van der Waals surface area contributed by atoms with Crippen LogP contribution in [0.5, 0.6) is 5.75 Å². The standard InChI is InChI=1S/C10H12N2O3S/c11-8-9-3-1-4-10(7-9)15-5-2-6-16(12,13)14/h1,3-4,7H,2,5-6H2,(H2,12,13,14). The summed E-state index contributed by atoms with van der Waals surface area (Å²) >= 11 is 0. The van der Waals surface area contributed by atoms with Gasteiger partial charge in [0.2, 0.25) is 10.0 Å². The predicted molar refractivity (Wildman–Crippen MR) is 59.2 cm³/mol. The van der Waals surface area contributed by atoms with E-state index in [0.29, 0.717) is 17.7 Å². The van der Waals surface area contributed by atoms with Crippen molar-refractivity contribution in [3.05, 3.63) is 29.8 Å². The predicted octanol–water partition coefficient (Wildman–Crippen LogP) is 0.616. The Labute approximate surface area is 94.5 Å². The number of benzene rings is 1. The Morgan fingerprint density at radius 1 is 1.44 bits per heavy atom. The van der Waals surface area contributed by atoms with E-state index in [-0.39, 0.29) is 12.4 Å². The molecule has 2 N–H and O–H groups in total. The number of nitrogens with two attached hydrogens (primary N) is 1. The van der Waals surface area contributed by atoms with Crippen molar-refractivity contribution in [1.82, 2.24) is 0 Å². The molecule has 0 aromatic heterocycles. The van der Waals surface area contributed by atoms with Gasteiger partial charge in [-0.25, -0.2) is 13.6 Å². The molecule has 16 heavy (non-hydrogen) atoms. The molecule has 0 bridgehead atoms. The Balaban J connectivity index is 2.41. The van der Waals surface area contributed by atoms with Crippen LogP contribution >= 0.6 is 0 Å². The van der Waals surface area contributed by atoms with Crippen LogP contribution < -0.4 is 9.88 Å². The van der Waals surface area contributed by atoms with E-state index in [9.17, 15) is 8.42 Å². The lowest BCUT2D eigenvalue weighted by atomic mass is 10.2. The highest BCUT2D eigenvalue weighted by Gasteiger charge is 2.02. The molecule has 1 aromatic rings. The van der Waals surface area contributed by atoms with Gasteiger partial charge in [-0.05, 0) is 24.6 Å². The van der Waals surface area contributed by atoms with Gasteiger partial charge >= 0.3 is 0 Å². The van der Waals surface area contributed by atoms with Crippen LogP contribution in [-0.2, 0) is 10.0 Å². The molecule has 86 valence electrons. The minimum absolute atomic E-state index is 0.106. The molecule has 0 amide bonds. The molecular weight excluding hydrogens is 228 g/mol. The molecule has 1 aromatic carbocycles. The first-order chi connectivity index (χ1) is 7.51. The summed E-state index contributed by atoms with van der Waals surface area (Å²) in [6, 6.07) is 8.65. The molecule has 0 spiro atoms. The third kappa shape index (κ3) is 4.77. The zero-order valence-electron chi connectivity index (χ0n) is 8.59. The Hall–Kier alpha value is -1.58. The van der Waals surface area contributed by atoms with E-state index < -0.39 is 10.0 Å². The van der Waals surface area contributed by atoms with E-state index in [1.165, 1.54) is 0 Å². The van der Waals surface area contributed by atoms with Crippen LogP contribution in [0.25, 0.3) is 0 Å². The van der Waals surface area contributed by atoms with Crippen LogP contribution in [0.3, 0.4) is 0 Å². The summed E-state index contributed by atoms with van der Waals surface area (Å²) in [5.41, 5.74) is 0.504. The fourth-order valence-electron chi connectivity index (χ4n) is 1.11. The number of rotatable bonds is 5. The van der Waals surface area contributed by atoms with Gasteiger partial charge in [-0.1, -0.05) is 6.07 Å². The number of hydrogen-bond acceptors (Lipinski definition) is 4. The summed E-state index contributed by atoms with van der Waals surface area (Å²) in [5.74, 6) is 0.443. The quantitative estimate of drug-likeness (QED) is 0.763. The molecule has 0 heterocycles. The molecule has 0 radical (unpaired) electrons. The molecule has 0 aliphatic carbocycles. The first kappa shape index (κ1) is 12.5. The van der Waals surface area contributed by atoms with Crippen molar-refractivity contribution in [2.45, 2.75) is 6.42 Å². The first-order valence-corrected chi connectivity index (χ1v) is 6.36. The highest BCUT2D eigenvalue weighted by molar-refractivity contribution is 7.89. The van der Waals surface area contributed by atoms with Gasteiger partial charge in [0.15, 0.2) is 0 Å². The maximum atomic E-state index is 10.6. The van der Waals surface area contributed by atoms with Gasteiger partial charge in [0.05, 0.1) is 24.0 Å². The van der Waals surface area contributed by atoms with Gasteiger partial charge < -0.3 is 4.74 Å². The normalized spacial score (nSPS) is 10.8. The summed E-state index contributed by atoms with van der Waals surface area (Å²) in [4.78, 5) is 0. The molecule has 6 heteroatoms. The summed E-state index contributed by atoms with van der Waals surface area (Å²) in [5, 5.41) is 13.5. The molecule has 0 saturated heterocycles. The highest BCUT2D eigenvalue weighted by atomic mass is 32.2. The molecule has 0 unspecified atom stereocenters. The Kier molecular flexibility index (Phi) is 4.28. The SMILES string of the molecule is N#Cc1cccc(OCCCS(N)(=O)=O)c1. The van der Waals surface area contributed by atoms with Crippen molar-refractivity contribution in [3.8, 4) is 11.8 Å². The number of sulfonamides is 1. The van der Waals surface area contributed by atoms with Crippen molar-refractivity contribution < 1.29 is 13.2 Å². The van der Waals surface area contributed by atoms with Crippen molar-refractivity contribution in [2.75, 3.05) is 12.4 Å². The molecule has 0 atom stereocenters. The summed E-state index contributed by atoms with van der Waals surface area (Å²) < 4.78 is 26.5. The van der Waals surface area contributed by atoms with E-state index in [1.54, 1.807) is 24.3 Å². The number of nitriles is 1. The van der Waals surface area contributed by atoms with E-state index in [0.717, 1.165) is 0 Å². The van der Waals surface area contributed by atoms with E-state index in [1.807, 2.05) is 6.07 Å². The Bertz CT molecular complexity index is 491. The van der Waals surface area contributed by atoms with Crippen LogP contribution in [0, 0.1) is 11.3 Å². The van der Waals surface area contributed by atoms with Crippen LogP contribution in [-0.4, -0.2) is 20.8 Å². The lowest BCUT2D eigenvalue weighted by Crippen LogP contribution is -2.18. The second-order valence-electron chi connectivity index (χ2n) is 3.21. The minimum atomic E-state index is -3.42. The van der Waals surface area contributed by atoms with Crippen LogP contribution in [0.4, 0.5) is 0 Å². The fourth-order valence-corrected chi connectivity index (χ4v) is 1.63. The molecular formula is C10H12N2O3S. The fraction of sp³-hybridized carbons (Fsp3) is 0.300. The average molecular weight is 240 g/mol. The average Bonchev–Trinajstić information content (AvgIpc) is 2.23. The van der Waals surface area contributed by atoms with Gasteiger partial charge in [0.1, 0.15) is 5.75 Å². The smallest absolute Gasteiger partial charge is 0.209 e. The van der Waals surface area contributed by atoms with Crippen LogP contribution in [0.1, 0.15) is 12.0 Å². The third-order valence-electron chi connectivity index (χ3n) is 1.81. The highest BCUT2D eigenvalue weighted by Crippen LogP contribution is 2.12. The van der Waals surface area contributed by atoms with E-state index >= 15 is 0 Å². The Morgan fingerprint density at radius 2 is 2.19 bits per heavy atom. The second kappa shape index (κ2) is 5.49. The lowest BCUT2D eigenvalue weighted by molar-refractivity contribution is 0.317. The largest absolute Gasteiger partial charge is 0.494 e. The number of ether oxygens (including phenoxy) is 1. The maximum Gasteiger partial charge on any atom is 0.209 e. The molecule has 0 fully saturated rings. The number of primary sulfonamides is 1. The van der Waals surface area contributed by atoms with Crippen molar-refractivity contribution >= 4 is 10.0 Å². The van der Waals surface area contributed by atoms with Gasteiger partial charge in [0, 0.05) is 0 Å². The van der Waals surface area contributed by atoms with Crippen molar-refractivity contribution in [1.29, 1.82) is 5.26 Å². The van der Waals surface area contributed by atoms with Crippen LogP contribution in [0.2, 0.25) is 0 Å². The summed E-state index contributed by atoms with van der Waals surface area (Å²) in [6.45, 7) is 0.255. The minimum Gasteiger partial charge on any atom is -0.494 e. The van der Waals surface area contributed by atoms with Crippen molar-refractivity contribution in [2.24, 2.45) is 5.14 Å². The molecule has 1 rings (SSSR count). The van der Waals surface area contributed by atoms with Gasteiger partial charge in [-0.15, -0.1) is 0 Å². The topological polar surface area (TPSA) is 93.2 Å². The molecule has 0 saturated carbocycles. The molecule has 0 aliphatic heterocycles. The zero-order valence-corrected chi connectivity index (χ0v) is 9.40. The second-order valence-corrected chi connectivity index (χ2v) is 4.94. The first-order valence-electron chi connectivity index (χ1n) is 4.65. The van der Waals surface area contributed by atoms with Gasteiger partial charge in [-0.3, -0.25) is 0 Å². The van der Waals surface area contributed by atoms with E-state index in [2.05, 4.69) is 0 Å². The van der Waals surface area contributed by atoms with Gasteiger partial charge in [0.25, 0.3) is 0 Å². The van der Waals surface area contributed by atoms with Crippen molar-refractivity contribution in [3.63, 3.8) is 0 Å². The van der Waals surface area contributed by atoms with E-state index in [4.69, 9.17) is 15.1 Å². The van der Waals surface area contributed by atoms with Crippen LogP contribution in [0.15, 0.2) is 24.3 Å². The van der Waals surface area contributed by atoms with Gasteiger partial charge in [-0.2, -0.15) is 5.26 Å². The lowest BCUT2D eigenvalue weighted by Gasteiger charge is -2.05. The maximum absolute atomic E-state index is 10.6. The summed E-state index contributed by atoms with van der Waals surface area (Å²) in [7, 11) is -3.42.